The maximum absolute atomic E-state index is 11.8. The van der Waals surface area contributed by atoms with Crippen molar-refractivity contribution in [2.75, 3.05) is 28.3 Å². The van der Waals surface area contributed by atoms with Crippen molar-refractivity contribution in [2.24, 2.45) is 0 Å². The van der Waals surface area contributed by atoms with E-state index in [4.69, 9.17) is 4.52 Å². The Hall–Kier alpha value is -2.16. The number of hydrogen-bond donors (Lipinski definition) is 1. The number of aromatic nitrogens is 3. The van der Waals surface area contributed by atoms with Crippen molar-refractivity contribution in [3.63, 3.8) is 0 Å². The Bertz CT molecular complexity index is 833. The molecule has 0 amide bonds. The molecule has 24 heavy (non-hydrogen) atoms. The van der Waals surface area contributed by atoms with Crippen LogP contribution in [-0.2, 0) is 9.84 Å². The molecule has 1 unspecified atom stereocenters. The highest BCUT2D eigenvalue weighted by Gasteiger charge is 2.32. The molecule has 2 aromatic rings. The summed E-state index contributed by atoms with van der Waals surface area (Å²) in [6, 6.07) is 3.54. The van der Waals surface area contributed by atoms with E-state index < -0.39 is 9.84 Å². The highest BCUT2D eigenvalue weighted by Crippen LogP contribution is 2.25. The second kappa shape index (κ2) is 6.39. The van der Waals surface area contributed by atoms with Crippen molar-refractivity contribution in [3.8, 4) is 0 Å². The molecule has 1 aliphatic rings. The molecule has 3 heterocycles. The zero-order valence-corrected chi connectivity index (χ0v) is 14.8. The Kier molecular flexibility index (Phi) is 4.44. The van der Waals surface area contributed by atoms with Gasteiger partial charge in [-0.25, -0.2) is 18.4 Å². The summed E-state index contributed by atoms with van der Waals surface area (Å²) in [5, 5.41) is 6.98. The first-order valence-corrected chi connectivity index (χ1v) is 9.71. The normalized spacial score (nSPS) is 19.4. The quantitative estimate of drug-likeness (QED) is 0.871. The summed E-state index contributed by atoms with van der Waals surface area (Å²) < 4.78 is 28.6. The predicted octanol–water partition coefficient (Wildman–Crippen LogP) is 1.84. The number of anilines is 3. The van der Waals surface area contributed by atoms with Crippen LogP contribution in [-0.4, -0.2) is 47.6 Å². The minimum absolute atomic E-state index is 0.0450. The van der Waals surface area contributed by atoms with Crippen LogP contribution in [0.15, 0.2) is 16.7 Å². The summed E-state index contributed by atoms with van der Waals surface area (Å²) in [7, 11) is -2.95. The molecule has 0 radical (unpaired) electrons. The molecule has 1 saturated heterocycles. The standard InChI is InChI=1S/C15H21N5O3S/c1-4-20(12-5-6-24(21,22)9-12)15-8-13(16-11(3)17-15)18-14-7-10(2)23-19-14/h7-8,12H,4-6,9H2,1-3H3,(H,16,17,18,19). The first kappa shape index (κ1) is 16.7. The van der Waals surface area contributed by atoms with E-state index in [-0.39, 0.29) is 17.5 Å². The second-order valence-corrected chi connectivity index (χ2v) is 8.18. The zero-order valence-electron chi connectivity index (χ0n) is 14.0. The molecule has 1 aliphatic heterocycles. The van der Waals surface area contributed by atoms with Crippen LogP contribution >= 0.6 is 0 Å². The van der Waals surface area contributed by atoms with E-state index in [1.54, 1.807) is 6.07 Å². The maximum Gasteiger partial charge on any atom is 0.175 e. The molecule has 8 nitrogen and oxygen atoms in total. The molecule has 0 bridgehead atoms. The summed E-state index contributed by atoms with van der Waals surface area (Å²) in [6.07, 6.45) is 0.629. The van der Waals surface area contributed by atoms with Crippen LogP contribution in [0.4, 0.5) is 17.5 Å². The lowest BCUT2D eigenvalue weighted by molar-refractivity contribution is 0.400. The summed E-state index contributed by atoms with van der Waals surface area (Å²) in [4.78, 5) is 10.9. The number of nitrogens with zero attached hydrogens (tertiary/aromatic N) is 4. The van der Waals surface area contributed by atoms with Gasteiger partial charge in [-0.15, -0.1) is 0 Å². The third-order valence-corrected chi connectivity index (χ3v) is 5.74. The molecule has 1 fully saturated rings. The fourth-order valence-corrected chi connectivity index (χ4v) is 4.68. The van der Waals surface area contributed by atoms with E-state index in [0.29, 0.717) is 36.2 Å². The highest BCUT2D eigenvalue weighted by molar-refractivity contribution is 7.91. The molecule has 1 atom stereocenters. The van der Waals surface area contributed by atoms with Crippen LogP contribution in [0.25, 0.3) is 0 Å². The van der Waals surface area contributed by atoms with Gasteiger partial charge in [0.05, 0.1) is 11.5 Å². The second-order valence-electron chi connectivity index (χ2n) is 5.95. The van der Waals surface area contributed by atoms with Gasteiger partial charge < -0.3 is 14.7 Å². The molecular weight excluding hydrogens is 330 g/mol. The molecule has 130 valence electrons. The fourth-order valence-electron chi connectivity index (χ4n) is 2.95. The smallest absolute Gasteiger partial charge is 0.175 e. The lowest BCUT2D eigenvalue weighted by Gasteiger charge is -2.28. The lowest BCUT2D eigenvalue weighted by Crippen LogP contribution is -2.37. The van der Waals surface area contributed by atoms with Crippen LogP contribution in [0.3, 0.4) is 0 Å². The van der Waals surface area contributed by atoms with Crippen LogP contribution in [0.2, 0.25) is 0 Å². The van der Waals surface area contributed by atoms with Crippen molar-refractivity contribution >= 4 is 27.3 Å². The largest absolute Gasteiger partial charge is 0.360 e. The predicted molar refractivity (Wildman–Crippen MR) is 91.4 cm³/mol. The van der Waals surface area contributed by atoms with E-state index in [2.05, 4.69) is 20.4 Å². The van der Waals surface area contributed by atoms with E-state index in [1.807, 2.05) is 31.7 Å². The van der Waals surface area contributed by atoms with Gasteiger partial charge in [-0.05, 0) is 27.2 Å². The molecule has 9 heteroatoms. The number of hydrogen-bond acceptors (Lipinski definition) is 8. The van der Waals surface area contributed by atoms with Gasteiger partial charge in [-0.1, -0.05) is 5.16 Å². The fraction of sp³-hybridized carbons (Fsp3) is 0.533. The number of rotatable bonds is 5. The van der Waals surface area contributed by atoms with Crippen LogP contribution < -0.4 is 10.2 Å². The summed E-state index contributed by atoms with van der Waals surface area (Å²) in [5.41, 5.74) is 0. The van der Waals surface area contributed by atoms with Crippen molar-refractivity contribution < 1.29 is 12.9 Å². The minimum atomic E-state index is -2.95. The van der Waals surface area contributed by atoms with Gasteiger partial charge in [0.15, 0.2) is 15.7 Å². The van der Waals surface area contributed by atoms with Crippen LogP contribution in [0.5, 0.6) is 0 Å². The average molecular weight is 351 g/mol. The molecule has 0 aliphatic carbocycles. The number of nitrogens with one attached hydrogen (secondary N) is 1. The highest BCUT2D eigenvalue weighted by atomic mass is 32.2. The zero-order chi connectivity index (χ0) is 17.3. The van der Waals surface area contributed by atoms with Crippen molar-refractivity contribution in [1.82, 2.24) is 15.1 Å². The van der Waals surface area contributed by atoms with E-state index >= 15 is 0 Å². The molecule has 3 rings (SSSR count). The monoisotopic (exact) mass is 351 g/mol. The Balaban J connectivity index is 1.86. The van der Waals surface area contributed by atoms with Gasteiger partial charge in [0, 0.05) is 24.7 Å². The summed E-state index contributed by atoms with van der Waals surface area (Å²) in [5.74, 6) is 3.61. The Morgan fingerprint density at radius 2 is 2.08 bits per heavy atom. The summed E-state index contributed by atoms with van der Waals surface area (Å²) in [6.45, 7) is 6.30. The van der Waals surface area contributed by atoms with Gasteiger partial charge in [0.1, 0.15) is 23.2 Å². The van der Waals surface area contributed by atoms with Crippen LogP contribution in [0, 0.1) is 13.8 Å². The molecule has 0 saturated carbocycles. The van der Waals surface area contributed by atoms with Crippen molar-refractivity contribution in [1.29, 1.82) is 0 Å². The van der Waals surface area contributed by atoms with Crippen LogP contribution in [0.1, 0.15) is 24.9 Å². The van der Waals surface area contributed by atoms with Crippen molar-refractivity contribution in [3.05, 3.63) is 23.7 Å². The Labute approximate surface area is 141 Å². The maximum atomic E-state index is 11.8. The Morgan fingerprint density at radius 3 is 2.67 bits per heavy atom. The number of sulfone groups is 1. The van der Waals surface area contributed by atoms with E-state index in [9.17, 15) is 8.42 Å². The Morgan fingerprint density at radius 1 is 1.29 bits per heavy atom. The lowest BCUT2D eigenvalue weighted by atomic mass is 10.2. The van der Waals surface area contributed by atoms with Gasteiger partial charge in [0.25, 0.3) is 0 Å². The number of aryl methyl sites for hydroxylation is 2. The van der Waals surface area contributed by atoms with Crippen molar-refractivity contribution in [2.45, 2.75) is 33.2 Å². The molecule has 0 spiro atoms. The van der Waals surface area contributed by atoms with E-state index in [1.165, 1.54) is 0 Å². The van der Waals surface area contributed by atoms with Gasteiger partial charge in [0.2, 0.25) is 0 Å². The van der Waals surface area contributed by atoms with Gasteiger partial charge in [-0.2, -0.15) is 0 Å². The third-order valence-electron chi connectivity index (χ3n) is 3.99. The van der Waals surface area contributed by atoms with E-state index in [0.717, 1.165) is 5.82 Å². The third kappa shape index (κ3) is 3.66. The topological polar surface area (TPSA) is 101 Å². The van der Waals surface area contributed by atoms with Gasteiger partial charge >= 0.3 is 0 Å². The minimum Gasteiger partial charge on any atom is -0.360 e. The SMILES string of the molecule is CCN(c1cc(Nc2cc(C)on2)nc(C)n1)C1CCS(=O)(=O)C1. The average Bonchev–Trinajstić information content (AvgIpc) is 3.05. The molecule has 0 aromatic carbocycles. The molecular formula is C15H21N5O3S. The first-order valence-electron chi connectivity index (χ1n) is 7.89. The van der Waals surface area contributed by atoms with Gasteiger partial charge in [-0.3, -0.25) is 0 Å². The molecule has 1 N–H and O–H groups in total. The molecule has 2 aromatic heterocycles. The first-order chi connectivity index (χ1) is 11.4. The summed E-state index contributed by atoms with van der Waals surface area (Å²) >= 11 is 0.